The van der Waals surface area contributed by atoms with Crippen molar-refractivity contribution in [2.24, 2.45) is 11.8 Å². The molecule has 0 bridgehead atoms. The van der Waals surface area contributed by atoms with Gasteiger partial charge in [-0.15, -0.1) is 0 Å². The summed E-state index contributed by atoms with van der Waals surface area (Å²) in [5.74, 6) is -6.39. The van der Waals surface area contributed by atoms with Crippen molar-refractivity contribution in [1.82, 2.24) is 16.0 Å². The zero-order chi connectivity index (χ0) is 38.9. The highest BCUT2D eigenvalue weighted by Gasteiger charge is 2.51. The van der Waals surface area contributed by atoms with Gasteiger partial charge in [-0.2, -0.15) is 0 Å². The van der Waals surface area contributed by atoms with Crippen molar-refractivity contribution < 1.29 is 88.8 Å². The van der Waals surface area contributed by atoms with Crippen molar-refractivity contribution in [1.29, 1.82) is 0 Å². The molecule has 3 heterocycles. The molecule has 3 saturated heterocycles. The summed E-state index contributed by atoms with van der Waals surface area (Å²) in [7, 11) is 0. The highest BCUT2D eigenvalue weighted by atomic mass is 16.8. The first-order chi connectivity index (χ1) is 24.5. The number of rotatable bonds is 17. The van der Waals surface area contributed by atoms with Crippen molar-refractivity contribution in [3.63, 3.8) is 0 Å². The summed E-state index contributed by atoms with van der Waals surface area (Å²) in [6, 6.07) is -3.57. The van der Waals surface area contributed by atoms with E-state index in [0.29, 0.717) is 0 Å². The number of nitrogens with one attached hydrogen (secondary N) is 3. The Bertz CT molecular complexity index is 1150. The maximum atomic E-state index is 12.4. The molecular weight excluding hydrogens is 702 g/mol. The molecule has 3 aliphatic rings. The van der Waals surface area contributed by atoms with Gasteiger partial charge in [-0.05, 0) is 0 Å². The van der Waals surface area contributed by atoms with Gasteiger partial charge in [0, 0.05) is 39.0 Å². The second-order valence-electron chi connectivity index (χ2n) is 13.3. The van der Waals surface area contributed by atoms with Gasteiger partial charge >= 0.3 is 0 Å². The van der Waals surface area contributed by atoms with Gasteiger partial charge in [-0.1, -0.05) is 6.92 Å². The van der Waals surface area contributed by atoms with Crippen LogP contribution in [0.2, 0.25) is 0 Å². The molecule has 0 aliphatic carbocycles. The lowest BCUT2D eigenvalue weighted by molar-refractivity contribution is -0.377. The zero-order valence-electron chi connectivity index (χ0n) is 29.5. The number of carbonyl (C=O) groups excluding carboxylic acids is 3. The Morgan fingerprint density at radius 1 is 0.596 bits per heavy atom. The Hall–Kier alpha value is -2.19. The van der Waals surface area contributed by atoms with Gasteiger partial charge in [0.05, 0.1) is 82.7 Å². The SMILES string of the molecule is CCC(O)(O)O[C@@H]1C(NC(C)=O)[C@H](COC[C@@H]2C(CO)O[C@@H](O)C(NC(C)=O)[C@H]2O)OC(CO)[C@H]1COC[C@@H]1OC(CO)[C@@H](O)[C@H](O)C1NC(C)=O. The molecule has 302 valence electrons. The largest absolute Gasteiger partial charge is 0.394 e. The Labute approximate surface area is 300 Å². The molecule has 0 saturated carbocycles. The zero-order valence-corrected chi connectivity index (χ0v) is 29.5. The summed E-state index contributed by atoms with van der Waals surface area (Å²) in [4.78, 5) is 35.9. The van der Waals surface area contributed by atoms with Crippen molar-refractivity contribution >= 4 is 17.7 Å². The van der Waals surface area contributed by atoms with E-state index in [0.717, 1.165) is 0 Å². The second kappa shape index (κ2) is 19.9. The molecule has 15 atom stereocenters. The van der Waals surface area contributed by atoms with Gasteiger partial charge < -0.3 is 90.3 Å². The summed E-state index contributed by atoms with van der Waals surface area (Å²) in [6.45, 7) is 1.72. The molecule has 0 spiro atoms. The Balaban J connectivity index is 1.83. The molecule has 3 rings (SSSR count). The van der Waals surface area contributed by atoms with Crippen LogP contribution in [-0.4, -0.2) is 195 Å². The lowest BCUT2D eigenvalue weighted by atomic mass is 9.85. The smallest absolute Gasteiger partial charge is 0.277 e. The van der Waals surface area contributed by atoms with E-state index in [1.807, 2.05) is 0 Å². The van der Waals surface area contributed by atoms with Crippen LogP contribution in [-0.2, 0) is 42.8 Å². The molecule has 52 heavy (non-hydrogen) atoms. The molecule has 3 fully saturated rings. The standard InChI is InChI=1S/C31H55N3O18/c1-5-31(45,46)52-29-17(10-48-11-21-23(32-13(2)38)28(43)27(42)20(8-37)50-21)19(7-36)49-22(24(29)33-14(3)39)12-47-9-16-18(6-35)51-30(44)25(26(16)41)34-15(4)40/h16-30,35-37,41-46H,5-12H2,1-4H3,(H,32,38)(H,33,39)(H,34,40)/t16-,17-,18?,19?,20?,21+,22+,23?,24?,25?,26+,27-,28-,29+,30-/m1/s1. The lowest BCUT2D eigenvalue weighted by Crippen LogP contribution is -2.66. The summed E-state index contributed by atoms with van der Waals surface area (Å²) >= 11 is 0. The third kappa shape index (κ3) is 11.4. The number of aliphatic hydroxyl groups excluding tert-OH is 7. The Kier molecular flexibility index (Phi) is 16.9. The molecule has 21 nitrogen and oxygen atoms in total. The molecule has 6 unspecified atom stereocenters. The number of carbonyl (C=O) groups is 3. The molecule has 21 heteroatoms. The van der Waals surface area contributed by atoms with Crippen LogP contribution in [0.1, 0.15) is 34.1 Å². The summed E-state index contributed by atoms with van der Waals surface area (Å²) in [5, 5.41) is 101. The third-order valence-corrected chi connectivity index (χ3v) is 9.38. The predicted molar refractivity (Wildman–Crippen MR) is 171 cm³/mol. The minimum absolute atomic E-state index is 0.311. The molecule has 0 aromatic rings. The van der Waals surface area contributed by atoms with Gasteiger partial charge in [0.25, 0.3) is 5.97 Å². The highest BCUT2D eigenvalue weighted by Crippen LogP contribution is 2.33. The average Bonchev–Trinajstić information content (AvgIpc) is 3.08. The number of ether oxygens (including phenoxy) is 6. The fourth-order valence-electron chi connectivity index (χ4n) is 6.68. The van der Waals surface area contributed by atoms with Crippen LogP contribution in [0.15, 0.2) is 0 Å². The van der Waals surface area contributed by atoms with Crippen LogP contribution < -0.4 is 16.0 Å². The molecule has 3 amide bonds. The van der Waals surface area contributed by atoms with E-state index in [4.69, 9.17) is 28.4 Å². The van der Waals surface area contributed by atoms with Gasteiger partial charge in [0.15, 0.2) is 6.29 Å². The first-order valence-corrected chi connectivity index (χ1v) is 17.1. The number of hydrogen-bond donors (Lipinski definition) is 12. The fourth-order valence-corrected chi connectivity index (χ4v) is 6.68. The summed E-state index contributed by atoms with van der Waals surface area (Å²) in [5.41, 5.74) is 0. The minimum Gasteiger partial charge on any atom is -0.394 e. The van der Waals surface area contributed by atoms with E-state index in [1.54, 1.807) is 0 Å². The number of aliphatic hydroxyl groups is 9. The van der Waals surface area contributed by atoms with Crippen LogP contribution in [0.5, 0.6) is 0 Å². The first-order valence-electron chi connectivity index (χ1n) is 17.1. The van der Waals surface area contributed by atoms with Gasteiger partial charge in [0.2, 0.25) is 17.7 Å². The van der Waals surface area contributed by atoms with Gasteiger partial charge in [0.1, 0.15) is 36.6 Å². The van der Waals surface area contributed by atoms with Crippen LogP contribution in [0.3, 0.4) is 0 Å². The molecule has 0 radical (unpaired) electrons. The van der Waals surface area contributed by atoms with Crippen LogP contribution >= 0.6 is 0 Å². The lowest BCUT2D eigenvalue weighted by Gasteiger charge is -2.48. The van der Waals surface area contributed by atoms with E-state index in [9.17, 15) is 60.3 Å². The molecule has 3 aliphatic heterocycles. The maximum absolute atomic E-state index is 12.4. The molecule has 0 aromatic heterocycles. The van der Waals surface area contributed by atoms with Crippen molar-refractivity contribution in [3.8, 4) is 0 Å². The number of hydrogen-bond acceptors (Lipinski definition) is 18. The van der Waals surface area contributed by atoms with Gasteiger partial charge in [-0.25, -0.2) is 0 Å². The van der Waals surface area contributed by atoms with Gasteiger partial charge in [-0.3, -0.25) is 14.4 Å². The van der Waals surface area contributed by atoms with E-state index in [1.165, 1.54) is 27.7 Å². The molecular formula is C31H55N3O18. The Morgan fingerprint density at radius 2 is 1.06 bits per heavy atom. The van der Waals surface area contributed by atoms with Crippen LogP contribution in [0, 0.1) is 11.8 Å². The van der Waals surface area contributed by atoms with E-state index in [2.05, 4.69) is 16.0 Å². The molecule has 0 aromatic carbocycles. The van der Waals surface area contributed by atoms with E-state index < -0.39 is 135 Å². The fraction of sp³-hybridized carbons (Fsp3) is 0.903. The highest BCUT2D eigenvalue weighted by molar-refractivity contribution is 5.74. The monoisotopic (exact) mass is 757 g/mol. The summed E-state index contributed by atoms with van der Waals surface area (Å²) in [6.07, 6.45) is -13.4. The van der Waals surface area contributed by atoms with E-state index in [-0.39, 0.29) is 32.8 Å². The summed E-state index contributed by atoms with van der Waals surface area (Å²) < 4.78 is 34.7. The normalized spacial score (nSPS) is 38.4. The van der Waals surface area contributed by atoms with Crippen LogP contribution in [0.25, 0.3) is 0 Å². The third-order valence-electron chi connectivity index (χ3n) is 9.38. The second-order valence-corrected chi connectivity index (χ2v) is 13.3. The number of amides is 3. The van der Waals surface area contributed by atoms with Crippen molar-refractivity contribution in [2.75, 3.05) is 46.2 Å². The average molecular weight is 758 g/mol. The van der Waals surface area contributed by atoms with Crippen molar-refractivity contribution in [3.05, 3.63) is 0 Å². The predicted octanol–water partition coefficient (Wildman–Crippen LogP) is -6.49. The minimum atomic E-state index is -2.72. The molecule has 12 N–H and O–H groups in total. The van der Waals surface area contributed by atoms with Crippen LogP contribution in [0.4, 0.5) is 0 Å². The maximum Gasteiger partial charge on any atom is 0.277 e. The first kappa shape index (κ1) is 44.2. The van der Waals surface area contributed by atoms with E-state index >= 15 is 0 Å². The topological polar surface area (TPSA) is 325 Å². The Morgan fingerprint density at radius 3 is 1.58 bits per heavy atom. The quantitative estimate of drug-likeness (QED) is 0.0614. The van der Waals surface area contributed by atoms with Crippen molar-refractivity contribution in [2.45, 2.75) is 119 Å².